The quantitative estimate of drug-likeness (QED) is 0.796. The third-order valence-electron chi connectivity index (χ3n) is 6.79. The summed E-state index contributed by atoms with van der Waals surface area (Å²) in [5, 5.41) is 3.65. The molecule has 2 heterocycles. The second-order valence-corrected chi connectivity index (χ2v) is 9.43. The van der Waals surface area contributed by atoms with Crippen LogP contribution in [0.4, 0.5) is 11.4 Å². The topological polar surface area (TPSA) is 38.8 Å². The maximum absolute atomic E-state index is 13.7. The van der Waals surface area contributed by atoms with Crippen LogP contribution in [0.3, 0.4) is 0 Å². The van der Waals surface area contributed by atoms with Crippen LogP contribution in [0.1, 0.15) is 49.0 Å². The Morgan fingerprint density at radius 2 is 1.71 bits per heavy atom. The average Bonchev–Trinajstić information content (AvgIpc) is 3.14. The highest BCUT2D eigenvalue weighted by molar-refractivity contribution is 5.94. The third-order valence-corrected chi connectivity index (χ3v) is 6.79. The third kappa shape index (κ3) is 4.72. The van der Waals surface area contributed by atoms with Gasteiger partial charge in [0.05, 0.1) is 0 Å². The lowest BCUT2D eigenvalue weighted by Gasteiger charge is -2.36. The highest BCUT2D eigenvalue weighted by Gasteiger charge is 2.37. The minimum atomic E-state index is 0.117. The van der Waals surface area contributed by atoms with Crippen LogP contribution in [0.5, 0.6) is 0 Å². The molecule has 1 amide bonds. The summed E-state index contributed by atoms with van der Waals surface area (Å²) in [5.74, 6) is 0.117. The molecule has 2 aromatic rings. The van der Waals surface area contributed by atoms with Gasteiger partial charge in [-0.25, -0.2) is 0 Å². The van der Waals surface area contributed by atoms with E-state index in [1.165, 1.54) is 12.0 Å². The van der Waals surface area contributed by atoms with Crippen molar-refractivity contribution in [2.24, 2.45) is 0 Å². The maximum atomic E-state index is 13.7. The number of hydrogen-bond donors (Lipinski definition) is 1. The molecule has 5 heteroatoms. The first kappa shape index (κ1) is 21.7. The molecule has 1 N–H and O–H groups in total. The zero-order chi connectivity index (χ0) is 22.0. The van der Waals surface area contributed by atoms with Crippen molar-refractivity contribution < 1.29 is 4.79 Å². The monoisotopic (exact) mass is 420 g/mol. The predicted octanol–water partition coefficient (Wildman–Crippen LogP) is 4.45. The van der Waals surface area contributed by atoms with Gasteiger partial charge in [0.2, 0.25) is 0 Å². The molecule has 2 aliphatic heterocycles. The van der Waals surface area contributed by atoms with Crippen LogP contribution in [-0.2, 0) is 6.54 Å². The van der Waals surface area contributed by atoms with Crippen LogP contribution in [0.2, 0.25) is 0 Å². The van der Waals surface area contributed by atoms with Crippen LogP contribution in [0.15, 0.2) is 48.5 Å². The first-order valence-corrected chi connectivity index (χ1v) is 11.6. The SMILES string of the molecule is CC(C)N1[C@H]2CCNc3ccccc3CN(C(=O)c3ccc(N(C)C)cc3)C[C@@H]1CC2. The number of benzene rings is 2. The molecule has 2 bridgehead atoms. The van der Waals surface area contributed by atoms with E-state index in [0.717, 1.165) is 42.9 Å². The lowest BCUT2D eigenvalue weighted by Crippen LogP contribution is -2.48. The minimum absolute atomic E-state index is 0.117. The molecule has 0 unspecified atom stereocenters. The highest BCUT2D eigenvalue weighted by atomic mass is 16.2. The summed E-state index contributed by atoms with van der Waals surface area (Å²) >= 11 is 0. The Morgan fingerprint density at radius 1 is 1.00 bits per heavy atom. The molecular formula is C26H36N4O. The van der Waals surface area contributed by atoms with Crippen LogP contribution in [0, 0.1) is 0 Å². The Morgan fingerprint density at radius 3 is 2.42 bits per heavy atom. The van der Waals surface area contributed by atoms with E-state index in [2.05, 4.69) is 58.1 Å². The van der Waals surface area contributed by atoms with Gasteiger partial charge in [0.25, 0.3) is 5.91 Å². The van der Waals surface area contributed by atoms with Crippen LogP contribution in [0.25, 0.3) is 0 Å². The van der Waals surface area contributed by atoms with Crippen molar-refractivity contribution in [1.82, 2.24) is 9.80 Å². The van der Waals surface area contributed by atoms with Crippen molar-refractivity contribution in [3.63, 3.8) is 0 Å². The van der Waals surface area contributed by atoms with E-state index in [1.54, 1.807) is 0 Å². The average molecular weight is 421 g/mol. The second kappa shape index (κ2) is 9.31. The molecular weight excluding hydrogens is 384 g/mol. The number of anilines is 2. The fraction of sp³-hybridized carbons (Fsp3) is 0.500. The molecule has 2 aliphatic rings. The molecule has 2 atom stereocenters. The fourth-order valence-electron chi connectivity index (χ4n) is 5.27. The standard InChI is InChI=1S/C26H36N4O/c1-19(2)30-23-13-14-24(30)18-29(17-21-7-5-6-8-25(21)27-16-15-23)26(31)20-9-11-22(12-10-20)28(3)4/h5-12,19,23-24,27H,13-18H2,1-4H3/t23-,24+/m1/s1. The number of carbonyl (C=O) groups is 1. The number of carbonyl (C=O) groups excluding carboxylic acids is 1. The van der Waals surface area contributed by atoms with Gasteiger partial charge in [0.1, 0.15) is 0 Å². The van der Waals surface area contributed by atoms with Gasteiger partial charge < -0.3 is 15.1 Å². The predicted molar refractivity (Wildman–Crippen MR) is 129 cm³/mol. The van der Waals surface area contributed by atoms with E-state index in [-0.39, 0.29) is 5.91 Å². The van der Waals surface area contributed by atoms with Gasteiger partial charge in [0, 0.05) is 68.8 Å². The van der Waals surface area contributed by atoms with Gasteiger partial charge in [-0.3, -0.25) is 9.69 Å². The maximum Gasteiger partial charge on any atom is 0.254 e. The number of fused-ring (bicyclic) bond motifs is 3. The molecule has 1 fully saturated rings. The van der Waals surface area contributed by atoms with Crippen molar-refractivity contribution in [3.8, 4) is 0 Å². The van der Waals surface area contributed by atoms with Crippen molar-refractivity contribution in [3.05, 3.63) is 59.7 Å². The molecule has 0 spiro atoms. The molecule has 5 nitrogen and oxygen atoms in total. The normalized spacial score (nSPS) is 21.9. The van der Waals surface area contributed by atoms with Gasteiger partial charge in [-0.15, -0.1) is 0 Å². The lowest BCUT2D eigenvalue weighted by molar-refractivity contribution is 0.0634. The summed E-state index contributed by atoms with van der Waals surface area (Å²) in [4.78, 5) is 20.5. The minimum Gasteiger partial charge on any atom is -0.385 e. The van der Waals surface area contributed by atoms with E-state index in [0.29, 0.717) is 24.7 Å². The molecule has 0 radical (unpaired) electrons. The Kier molecular flexibility index (Phi) is 6.51. The number of hydrogen-bond acceptors (Lipinski definition) is 4. The van der Waals surface area contributed by atoms with Crippen molar-refractivity contribution in [1.29, 1.82) is 0 Å². The smallest absolute Gasteiger partial charge is 0.254 e. The molecule has 1 saturated heterocycles. The van der Waals surface area contributed by atoms with Crippen LogP contribution >= 0.6 is 0 Å². The molecule has 0 aliphatic carbocycles. The summed E-state index contributed by atoms with van der Waals surface area (Å²) < 4.78 is 0. The van der Waals surface area contributed by atoms with Crippen LogP contribution < -0.4 is 10.2 Å². The Labute approximate surface area is 187 Å². The van der Waals surface area contributed by atoms with Gasteiger partial charge in [-0.05, 0) is 69.0 Å². The molecule has 2 aromatic carbocycles. The van der Waals surface area contributed by atoms with Crippen molar-refractivity contribution >= 4 is 17.3 Å². The number of para-hydroxylation sites is 1. The highest BCUT2D eigenvalue weighted by Crippen LogP contribution is 2.31. The number of amides is 1. The molecule has 4 rings (SSSR count). The van der Waals surface area contributed by atoms with Gasteiger partial charge in [-0.1, -0.05) is 18.2 Å². The first-order valence-electron chi connectivity index (χ1n) is 11.6. The lowest BCUT2D eigenvalue weighted by atomic mass is 10.1. The summed E-state index contributed by atoms with van der Waals surface area (Å²) in [6.45, 7) is 6.96. The van der Waals surface area contributed by atoms with E-state index in [4.69, 9.17) is 0 Å². The van der Waals surface area contributed by atoms with Crippen molar-refractivity contribution in [2.45, 2.75) is 57.8 Å². The number of nitrogens with zero attached hydrogens (tertiary/aromatic N) is 3. The fourth-order valence-corrected chi connectivity index (χ4v) is 5.27. The summed E-state index contributed by atoms with van der Waals surface area (Å²) in [6, 6.07) is 17.9. The van der Waals surface area contributed by atoms with Gasteiger partial charge in [0.15, 0.2) is 0 Å². The van der Waals surface area contributed by atoms with Gasteiger partial charge in [-0.2, -0.15) is 0 Å². The summed E-state index contributed by atoms with van der Waals surface area (Å²) in [5.41, 5.74) is 4.21. The number of rotatable bonds is 3. The molecule has 0 aromatic heterocycles. The van der Waals surface area contributed by atoms with E-state index in [1.807, 2.05) is 38.4 Å². The van der Waals surface area contributed by atoms with Crippen molar-refractivity contribution in [2.75, 3.05) is 37.4 Å². The summed E-state index contributed by atoms with van der Waals surface area (Å²) in [7, 11) is 4.04. The van der Waals surface area contributed by atoms with Crippen LogP contribution in [-0.4, -0.2) is 61.0 Å². The van der Waals surface area contributed by atoms with E-state index >= 15 is 0 Å². The number of nitrogens with one attached hydrogen (secondary N) is 1. The van der Waals surface area contributed by atoms with Gasteiger partial charge >= 0.3 is 0 Å². The zero-order valence-corrected chi connectivity index (χ0v) is 19.3. The summed E-state index contributed by atoms with van der Waals surface area (Å²) in [6.07, 6.45) is 3.52. The Bertz CT molecular complexity index is 893. The Hall–Kier alpha value is -2.53. The second-order valence-electron chi connectivity index (χ2n) is 9.43. The molecule has 0 saturated carbocycles. The first-order chi connectivity index (χ1) is 14.9. The molecule has 166 valence electrons. The van der Waals surface area contributed by atoms with E-state index in [9.17, 15) is 4.79 Å². The zero-order valence-electron chi connectivity index (χ0n) is 19.3. The van der Waals surface area contributed by atoms with E-state index < -0.39 is 0 Å². The Balaban J connectivity index is 1.66. The molecule has 31 heavy (non-hydrogen) atoms. The largest absolute Gasteiger partial charge is 0.385 e.